The summed E-state index contributed by atoms with van der Waals surface area (Å²) < 4.78 is 13.4. The lowest BCUT2D eigenvalue weighted by atomic mass is 9.99. The van der Waals surface area contributed by atoms with E-state index in [1.54, 1.807) is 0 Å². The van der Waals surface area contributed by atoms with Crippen molar-refractivity contribution in [2.24, 2.45) is 0 Å². The molecule has 0 saturated heterocycles. The molecule has 4 rings (SSSR count). The number of hydrogen-bond donors (Lipinski definition) is 0. The van der Waals surface area contributed by atoms with E-state index in [1.807, 2.05) is 13.8 Å². The topological polar surface area (TPSA) is 25.6 Å². The number of allylic oxidation sites excluding steroid dienone is 4. The van der Waals surface area contributed by atoms with E-state index in [9.17, 15) is 0 Å². The summed E-state index contributed by atoms with van der Waals surface area (Å²) in [6.45, 7) is 8.70. The van der Waals surface area contributed by atoms with Gasteiger partial charge in [-0.3, -0.25) is 0 Å². The summed E-state index contributed by atoms with van der Waals surface area (Å²) in [7, 11) is 0. The Balaban J connectivity index is 1.57. The van der Waals surface area contributed by atoms with Crippen LogP contribution in [0.2, 0.25) is 0 Å². The molecule has 0 amide bonds. The molecule has 0 fully saturated rings. The molecule has 1 aliphatic rings. The second-order valence-electron chi connectivity index (χ2n) is 7.88. The van der Waals surface area contributed by atoms with Crippen LogP contribution in [0.5, 0.6) is 0 Å². The number of nitrogens with zero attached hydrogens (tertiary/aromatic N) is 2. The highest BCUT2D eigenvalue weighted by molar-refractivity contribution is 5.89. The highest BCUT2D eigenvalue weighted by Gasteiger charge is 2.15. The van der Waals surface area contributed by atoms with Crippen LogP contribution in [0.25, 0.3) is 22.6 Å². The summed E-state index contributed by atoms with van der Waals surface area (Å²) >= 11 is 0. The molecule has 2 aromatic carbocycles. The number of benzene rings is 2. The van der Waals surface area contributed by atoms with Gasteiger partial charge in [-0.15, -0.1) is 0 Å². The molecule has 0 spiro atoms. The number of anilines is 1. The van der Waals surface area contributed by atoms with Crippen molar-refractivity contribution in [1.29, 1.82) is 0 Å². The second-order valence-corrected chi connectivity index (χ2v) is 7.88. The first kappa shape index (κ1) is 23.0. The van der Waals surface area contributed by atoms with Crippen molar-refractivity contribution in [2.75, 3.05) is 37.9 Å². The Morgan fingerprint density at radius 3 is 2.58 bits per heavy atom. The Labute approximate surface area is 197 Å². The van der Waals surface area contributed by atoms with Gasteiger partial charge in [0.25, 0.3) is 0 Å². The van der Waals surface area contributed by atoms with Gasteiger partial charge < -0.3 is 14.4 Å². The van der Waals surface area contributed by atoms with Gasteiger partial charge in [-0.25, -0.2) is 0 Å². The molecular formula is C29H33N2O2+. The van der Waals surface area contributed by atoms with Crippen molar-refractivity contribution < 1.29 is 14.0 Å². The predicted octanol–water partition coefficient (Wildman–Crippen LogP) is 5.63. The van der Waals surface area contributed by atoms with E-state index in [-0.39, 0.29) is 0 Å². The van der Waals surface area contributed by atoms with Gasteiger partial charge in [-0.05, 0) is 43.2 Å². The zero-order chi connectivity index (χ0) is 22.9. The smallest absolute Gasteiger partial charge is 0.213 e. The van der Waals surface area contributed by atoms with Gasteiger partial charge in [0.15, 0.2) is 12.7 Å². The Bertz CT molecular complexity index is 1160. The lowest BCUT2D eigenvalue weighted by Gasteiger charge is -2.27. The van der Waals surface area contributed by atoms with Gasteiger partial charge in [0, 0.05) is 49.3 Å². The standard InChI is InChI=1S/C29H33N2O2/c1-3-32-22-20-30-18-16-24(26-12-5-7-14-28(26)30)10-9-11-25-17-19-31(21-23-33-4-2)29-15-8-6-13-27(25)29/h5-19H,3-4,20-23H2,1-2H3/q+1. The maximum atomic E-state index is 5.55. The van der Waals surface area contributed by atoms with Crippen LogP contribution in [-0.2, 0) is 16.0 Å². The minimum absolute atomic E-state index is 0.722. The first-order valence-corrected chi connectivity index (χ1v) is 11.8. The fourth-order valence-corrected chi connectivity index (χ4v) is 4.17. The first-order valence-electron chi connectivity index (χ1n) is 11.8. The maximum Gasteiger partial charge on any atom is 0.213 e. The Kier molecular flexibility index (Phi) is 8.07. The van der Waals surface area contributed by atoms with Crippen molar-refractivity contribution in [1.82, 2.24) is 0 Å². The van der Waals surface area contributed by atoms with Crippen molar-refractivity contribution in [2.45, 2.75) is 20.4 Å². The molecule has 1 aromatic heterocycles. The lowest BCUT2D eigenvalue weighted by molar-refractivity contribution is -0.673. The summed E-state index contributed by atoms with van der Waals surface area (Å²) in [4.78, 5) is 2.26. The SMILES string of the molecule is CCOCCN1C=C/C(=C/C=C\c2cc[n+](CCOCC)c3ccccc23)c2ccccc21. The molecule has 0 aliphatic carbocycles. The van der Waals surface area contributed by atoms with E-state index in [4.69, 9.17) is 9.47 Å². The molecule has 170 valence electrons. The van der Waals surface area contributed by atoms with Gasteiger partial charge in [-0.1, -0.05) is 48.6 Å². The van der Waals surface area contributed by atoms with Crippen LogP contribution in [0, 0.1) is 0 Å². The van der Waals surface area contributed by atoms with Gasteiger partial charge in [-0.2, -0.15) is 4.57 Å². The average Bonchev–Trinajstić information content (AvgIpc) is 2.86. The Hall–Kier alpha value is -3.21. The highest BCUT2D eigenvalue weighted by Crippen LogP contribution is 2.32. The van der Waals surface area contributed by atoms with Gasteiger partial charge in [0.2, 0.25) is 5.52 Å². The monoisotopic (exact) mass is 441 g/mol. The van der Waals surface area contributed by atoms with Crippen LogP contribution < -0.4 is 9.47 Å². The molecule has 0 atom stereocenters. The van der Waals surface area contributed by atoms with E-state index in [0.29, 0.717) is 0 Å². The van der Waals surface area contributed by atoms with Gasteiger partial charge in [0.1, 0.15) is 6.61 Å². The molecule has 0 radical (unpaired) electrons. The fraction of sp³-hybridized carbons (Fsp3) is 0.276. The molecule has 2 heterocycles. The number of rotatable bonds is 10. The predicted molar refractivity (Wildman–Crippen MR) is 137 cm³/mol. The second kappa shape index (κ2) is 11.6. The van der Waals surface area contributed by atoms with Crippen LogP contribution in [0.4, 0.5) is 5.69 Å². The molecule has 3 aromatic rings. The third-order valence-corrected chi connectivity index (χ3v) is 5.83. The first-order chi connectivity index (χ1) is 16.3. The number of hydrogen-bond acceptors (Lipinski definition) is 3. The molecule has 0 N–H and O–H groups in total. The van der Waals surface area contributed by atoms with E-state index < -0.39 is 0 Å². The van der Waals surface area contributed by atoms with Gasteiger partial charge in [0.05, 0.1) is 12.0 Å². The summed E-state index contributed by atoms with van der Waals surface area (Å²) in [5.74, 6) is 0. The van der Waals surface area contributed by atoms with Crippen molar-refractivity contribution in [3.63, 3.8) is 0 Å². The van der Waals surface area contributed by atoms with E-state index in [1.165, 1.54) is 33.3 Å². The number of para-hydroxylation sites is 2. The number of pyridine rings is 1. The van der Waals surface area contributed by atoms with Crippen LogP contribution in [0.3, 0.4) is 0 Å². The normalized spacial score (nSPS) is 14.5. The number of ether oxygens (including phenoxy) is 2. The number of fused-ring (bicyclic) bond motifs is 2. The van der Waals surface area contributed by atoms with E-state index >= 15 is 0 Å². The molecule has 1 aliphatic heterocycles. The largest absolute Gasteiger partial charge is 0.380 e. The summed E-state index contributed by atoms with van der Waals surface area (Å²) in [6, 6.07) is 19.3. The third-order valence-electron chi connectivity index (χ3n) is 5.83. The van der Waals surface area contributed by atoms with Crippen molar-refractivity contribution in [3.8, 4) is 0 Å². The van der Waals surface area contributed by atoms with Crippen molar-refractivity contribution in [3.05, 3.63) is 96.3 Å². The zero-order valence-electron chi connectivity index (χ0n) is 19.6. The summed E-state index contributed by atoms with van der Waals surface area (Å²) in [5, 5.41) is 1.24. The molecule has 33 heavy (non-hydrogen) atoms. The molecule has 0 bridgehead atoms. The van der Waals surface area contributed by atoms with E-state index in [2.05, 4.69) is 101 Å². The minimum Gasteiger partial charge on any atom is -0.380 e. The lowest BCUT2D eigenvalue weighted by Crippen LogP contribution is -2.36. The van der Waals surface area contributed by atoms with Crippen LogP contribution in [-0.4, -0.2) is 33.0 Å². The fourth-order valence-electron chi connectivity index (χ4n) is 4.17. The molecule has 0 unspecified atom stereocenters. The molecular weight excluding hydrogens is 408 g/mol. The van der Waals surface area contributed by atoms with Gasteiger partial charge >= 0.3 is 0 Å². The number of aromatic nitrogens is 1. The quantitative estimate of drug-likeness (QED) is 0.301. The third kappa shape index (κ3) is 5.59. The summed E-state index contributed by atoms with van der Waals surface area (Å²) in [6.07, 6.45) is 13.0. The van der Waals surface area contributed by atoms with E-state index in [0.717, 1.165) is 39.5 Å². The minimum atomic E-state index is 0.722. The maximum absolute atomic E-state index is 5.55. The average molecular weight is 442 g/mol. The molecule has 4 heteroatoms. The van der Waals surface area contributed by atoms with Crippen LogP contribution in [0.1, 0.15) is 25.0 Å². The highest BCUT2D eigenvalue weighted by atomic mass is 16.5. The zero-order valence-corrected chi connectivity index (χ0v) is 19.6. The van der Waals surface area contributed by atoms with Crippen molar-refractivity contribution >= 4 is 28.2 Å². The molecule has 0 saturated carbocycles. The molecule has 4 nitrogen and oxygen atoms in total. The Morgan fingerprint density at radius 1 is 0.909 bits per heavy atom. The van der Waals surface area contributed by atoms with Crippen LogP contribution >= 0.6 is 0 Å². The Morgan fingerprint density at radius 2 is 1.70 bits per heavy atom. The summed E-state index contributed by atoms with van der Waals surface area (Å²) in [5.41, 5.74) is 6.11. The van der Waals surface area contributed by atoms with Crippen LogP contribution in [0.15, 0.2) is 85.2 Å².